The number of hydrogen-bond acceptors (Lipinski definition) is 6. The molecule has 0 aliphatic heterocycles. The molecule has 2 aromatic rings. The Morgan fingerprint density at radius 2 is 1.96 bits per heavy atom. The number of esters is 1. The summed E-state index contributed by atoms with van der Waals surface area (Å²) in [7, 11) is -2.63. The molecule has 0 N–H and O–H groups in total. The smallest absolute Gasteiger partial charge is 0.341 e. The van der Waals surface area contributed by atoms with E-state index in [1.165, 1.54) is 31.8 Å². The Balaban J connectivity index is 2.74. The van der Waals surface area contributed by atoms with Crippen molar-refractivity contribution in [2.45, 2.75) is 19.1 Å². The highest BCUT2D eigenvalue weighted by molar-refractivity contribution is 7.96. The molecule has 0 spiro atoms. The third-order valence-corrected chi connectivity index (χ3v) is 5.90. The number of allylic oxidation sites excluding steroid dienone is 1. The van der Waals surface area contributed by atoms with E-state index in [1.807, 2.05) is 0 Å². The highest BCUT2D eigenvalue weighted by Crippen LogP contribution is 2.23. The van der Waals surface area contributed by atoms with Gasteiger partial charge < -0.3 is 4.74 Å². The number of aromatic nitrogens is 2. The van der Waals surface area contributed by atoms with E-state index in [2.05, 4.69) is 5.10 Å². The topological polar surface area (TPSA) is 102 Å². The maximum Gasteiger partial charge on any atom is 0.341 e. The van der Waals surface area contributed by atoms with E-state index in [4.69, 9.17) is 16.3 Å². The van der Waals surface area contributed by atoms with Crippen molar-refractivity contribution < 1.29 is 17.9 Å². The number of hydrogen-bond donors (Lipinski definition) is 0. The molecule has 0 aliphatic carbocycles. The van der Waals surface area contributed by atoms with Gasteiger partial charge in [0.25, 0.3) is 0 Å². The standard InChI is InChI=1S/C17H16ClN3O4S/c1-11(2)26(23,24)14(9-19)8-16-15(17(22)25-3)10-20-21(16)13-6-4-12(18)5-7-13/h4-8,10-11H,1-3H3. The minimum atomic E-state index is -3.83. The molecule has 1 aromatic heterocycles. The zero-order valence-electron chi connectivity index (χ0n) is 14.3. The fourth-order valence-corrected chi connectivity index (χ4v) is 3.15. The molecular weight excluding hydrogens is 378 g/mol. The van der Waals surface area contributed by atoms with Gasteiger partial charge in [0.1, 0.15) is 16.5 Å². The van der Waals surface area contributed by atoms with Crippen LogP contribution >= 0.6 is 11.6 Å². The average molecular weight is 394 g/mol. The number of nitriles is 1. The molecule has 0 fully saturated rings. The molecule has 0 radical (unpaired) electrons. The molecule has 1 aromatic carbocycles. The van der Waals surface area contributed by atoms with Crippen LogP contribution in [0.1, 0.15) is 29.9 Å². The molecule has 26 heavy (non-hydrogen) atoms. The number of ether oxygens (including phenoxy) is 1. The summed E-state index contributed by atoms with van der Waals surface area (Å²) in [5.74, 6) is -0.698. The number of carbonyl (C=O) groups excluding carboxylic acids is 1. The van der Waals surface area contributed by atoms with E-state index >= 15 is 0 Å². The predicted octanol–water partition coefficient (Wildman–Crippen LogP) is 3.00. The monoisotopic (exact) mass is 393 g/mol. The fourth-order valence-electron chi connectivity index (χ4n) is 2.11. The summed E-state index contributed by atoms with van der Waals surface area (Å²) in [6.45, 7) is 2.94. The Labute approximate surface area is 156 Å². The Hall–Kier alpha value is -2.63. The molecule has 0 atom stereocenters. The molecule has 0 bridgehead atoms. The van der Waals surface area contributed by atoms with Crippen LogP contribution in [0.25, 0.3) is 11.8 Å². The van der Waals surface area contributed by atoms with Crippen molar-refractivity contribution in [3.05, 3.63) is 51.6 Å². The van der Waals surface area contributed by atoms with Crippen LogP contribution in [-0.2, 0) is 14.6 Å². The first kappa shape index (κ1) is 19.7. The average Bonchev–Trinajstić information content (AvgIpc) is 3.02. The second-order valence-electron chi connectivity index (χ2n) is 5.54. The zero-order valence-corrected chi connectivity index (χ0v) is 15.9. The largest absolute Gasteiger partial charge is 0.465 e. The van der Waals surface area contributed by atoms with E-state index in [9.17, 15) is 18.5 Å². The lowest BCUT2D eigenvalue weighted by molar-refractivity contribution is 0.0600. The van der Waals surface area contributed by atoms with Crippen LogP contribution < -0.4 is 0 Å². The van der Waals surface area contributed by atoms with Gasteiger partial charge in [-0.05, 0) is 44.2 Å². The lowest BCUT2D eigenvalue weighted by atomic mass is 10.2. The molecule has 7 nitrogen and oxygen atoms in total. The summed E-state index contributed by atoms with van der Waals surface area (Å²) < 4.78 is 30.8. The van der Waals surface area contributed by atoms with Crippen molar-refractivity contribution in [1.29, 1.82) is 5.26 Å². The van der Waals surface area contributed by atoms with E-state index in [1.54, 1.807) is 30.3 Å². The second-order valence-corrected chi connectivity index (χ2v) is 8.45. The van der Waals surface area contributed by atoms with Crippen LogP contribution in [0.4, 0.5) is 0 Å². The molecule has 0 unspecified atom stereocenters. The van der Waals surface area contributed by atoms with Crippen molar-refractivity contribution in [2.24, 2.45) is 0 Å². The number of carbonyl (C=O) groups is 1. The van der Waals surface area contributed by atoms with Crippen LogP contribution in [0.15, 0.2) is 35.4 Å². The maximum atomic E-state index is 12.4. The normalized spacial score (nSPS) is 12.1. The lowest BCUT2D eigenvalue weighted by Crippen LogP contribution is -2.16. The number of nitrogens with zero attached hydrogens (tertiary/aromatic N) is 3. The number of benzene rings is 1. The Morgan fingerprint density at radius 1 is 1.35 bits per heavy atom. The van der Waals surface area contributed by atoms with Crippen LogP contribution in [-0.4, -0.2) is 36.5 Å². The van der Waals surface area contributed by atoms with E-state index in [0.29, 0.717) is 10.7 Å². The summed E-state index contributed by atoms with van der Waals surface area (Å²) in [5, 5.41) is 13.2. The lowest BCUT2D eigenvalue weighted by Gasteiger charge is -2.09. The summed E-state index contributed by atoms with van der Waals surface area (Å²) in [4.78, 5) is 11.6. The molecule has 9 heteroatoms. The first-order valence-corrected chi connectivity index (χ1v) is 9.42. The van der Waals surface area contributed by atoms with Crippen molar-refractivity contribution in [2.75, 3.05) is 7.11 Å². The third-order valence-electron chi connectivity index (χ3n) is 3.59. The van der Waals surface area contributed by atoms with Gasteiger partial charge in [0.15, 0.2) is 9.84 Å². The van der Waals surface area contributed by atoms with Crippen molar-refractivity contribution in [3.8, 4) is 11.8 Å². The Kier molecular flexibility index (Phi) is 5.85. The van der Waals surface area contributed by atoms with E-state index < -0.39 is 26.0 Å². The first-order chi connectivity index (χ1) is 12.2. The van der Waals surface area contributed by atoms with Gasteiger partial charge in [0, 0.05) is 5.02 Å². The SMILES string of the molecule is COC(=O)c1cnn(-c2ccc(Cl)cc2)c1C=C(C#N)S(=O)(=O)C(C)C. The Morgan fingerprint density at radius 3 is 2.46 bits per heavy atom. The molecule has 0 amide bonds. The van der Waals surface area contributed by atoms with Crippen molar-refractivity contribution >= 4 is 33.5 Å². The Bertz CT molecular complexity index is 1000. The molecule has 2 rings (SSSR count). The van der Waals surface area contributed by atoms with Crippen LogP contribution in [0.5, 0.6) is 0 Å². The summed E-state index contributed by atoms with van der Waals surface area (Å²) in [5.41, 5.74) is 0.698. The zero-order chi connectivity index (χ0) is 19.5. The van der Waals surface area contributed by atoms with Gasteiger partial charge in [-0.1, -0.05) is 11.6 Å². The summed E-state index contributed by atoms with van der Waals surface area (Å²) >= 11 is 5.88. The number of methoxy groups -OCH3 is 1. The van der Waals surface area contributed by atoms with Crippen molar-refractivity contribution in [1.82, 2.24) is 9.78 Å². The van der Waals surface area contributed by atoms with E-state index in [0.717, 1.165) is 6.08 Å². The van der Waals surface area contributed by atoms with Gasteiger partial charge in [-0.3, -0.25) is 0 Å². The quantitative estimate of drug-likeness (QED) is 0.571. The van der Waals surface area contributed by atoms with Gasteiger partial charge >= 0.3 is 5.97 Å². The van der Waals surface area contributed by atoms with E-state index in [-0.39, 0.29) is 11.3 Å². The second kappa shape index (κ2) is 7.72. The summed E-state index contributed by atoms with van der Waals surface area (Å²) in [6.07, 6.45) is 2.38. The fraction of sp³-hybridized carbons (Fsp3) is 0.235. The molecule has 1 heterocycles. The van der Waals surface area contributed by atoms with Gasteiger partial charge in [-0.15, -0.1) is 0 Å². The van der Waals surface area contributed by atoms with Gasteiger partial charge in [-0.25, -0.2) is 17.9 Å². The minimum absolute atomic E-state index is 0.0363. The highest BCUT2D eigenvalue weighted by atomic mass is 35.5. The molecule has 0 saturated heterocycles. The van der Waals surface area contributed by atoms with Crippen LogP contribution in [0.2, 0.25) is 5.02 Å². The highest BCUT2D eigenvalue weighted by Gasteiger charge is 2.25. The number of sulfone groups is 1. The predicted molar refractivity (Wildman–Crippen MR) is 97.6 cm³/mol. The molecule has 0 aliphatic rings. The van der Waals surface area contributed by atoms with Crippen molar-refractivity contribution in [3.63, 3.8) is 0 Å². The molecule has 136 valence electrons. The third kappa shape index (κ3) is 3.79. The maximum absolute atomic E-state index is 12.4. The first-order valence-electron chi connectivity index (χ1n) is 7.50. The molecular formula is C17H16ClN3O4S. The van der Waals surface area contributed by atoms with Crippen LogP contribution in [0.3, 0.4) is 0 Å². The minimum Gasteiger partial charge on any atom is -0.465 e. The summed E-state index contributed by atoms with van der Waals surface area (Å²) in [6, 6.07) is 8.24. The van der Waals surface area contributed by atoms with Gasteiger partial charge in [0.05, 0.1) is 29.9 Å². The van der Waals surface area contributed by atoms with Crippen LogP contribution in [0, 0.1) is 11.3 Å². The van der Waals surface area contributed by atoms with Gasteiger partial charge in [-0.2, -0.15) is 10.4 Å². The van der Waals surface area contributed by atoms with Gasteiger partial charge in [0.2, 0.25) is 0 Å². The number of halogens is 1. The number of rotatable bonds is 5. The molecule has 0 saturated carbocycles.